The van der Waals surface area contributed by atoms with Gasteiger partial charge in [-0.25, -0.2) is 9.97 Å². The highest BCUT2D eigenvalue weighted by Crippen LogP contribution is 2.28. The molecule has 1 aromatic rings. The molecule has 1 saturated heterocycles. The van der Waals surface area contributed by atoms with Crippen LogP contribution in [0.15, 0.2) is 6.07 Å². The Morgan fingerprint density at radius 2 is 1.70 bits per heavy atom. The average Bonchev–Trinajstić information content (AvgIpc) is 2.35. The van der Waals surface area contributed by atoms with Crippen molar-refractivity contribution in [3.05, 3.63) is 17.5 Å². The first-order chi connectivity index (χ1) is 9.63. The number of aromatic nitrogens is 2. The number of carbonyl (C=O) groups is 1. The fourth-order valence-corrected chi connectivity index (χ4v) is 2.89. The Hall–Kier alpha value is -1.65. The Labute approximate surface area is 120 Å². The summed E-state index contributed by atoms with van der Waals surface area (Å²) in [5, 5.41) is 0. The molecule has 1 aromatic heterocycles. The Bertz CT molecular complexity index is 484. The molecule has 5 heteroatoms. The molecule has 0 atom stereocenters. The minimum Gasteiger partial charge on any atom is -0.339 e. The molecule has 0 bridgehead atoms. The van der Waals surface area contributed by atoms with Crippen LogP contribution in [0.1, 0.15) is 30.7 Å². The highest BCUT2D eigenvalue weighted by Gasteiger charge is 2.31. The molecule has 3 rings (SSSR count). The van der Waals surface area contributed by atoms with Crippen LogP contribution in [0, 0.1) is 19.8 Å². The molecule has 1 amide bonds. The second-order valence-electron chi connectivity index (χ2n) is 5.89. The number of amides is 1. The van der Waals surface area contributed by atoms with Gasteiger partial charge in [-0.2, -0.15) is 0 Å². The van der Waals surface area contributed by atoms with E-state index in [0.29, 0.717) is 11.8 Å². The van der Waals surface area contributed by atoms with Crippen molar-refractivity contribution in [2.45, 2.75) is 33.1 Å². The summed E-state index contributed by atoms with van der Waals surface area (Å²) in [4.78, 5) is 25.4. The lowest BCUT2D eigenvalue weighted by Crippen LogP contribution is -2.51. The summed E-state index contributed by atoms with van der Waals surface area (Å²) in [5.41, 5.74) is 2.00. The summed E-state index contributed by atoms with van der Waals surface area (Å²) < 4.78 is 0. The molecule has 108 valence electrons. The van der Waals surface area contributed by atoms with Crippen molar-refractivity contribution in [3.63, 3.8) is 0 Å². The molecule has 2 fully saturated rings. The third-order valence-corrected chi connectivity index (χ3v) is 4.30. The number of hydrogen-bond acceptors (Lipinski definition) is 4. The van der Waals surface area contributed by atoms with E-state index >= 15 is 0 Å². The van der Waals surface area contributed by atoms with Gasteiger partial charge >= 0.3 is 0 Å². The maximum atomic E-state index is 12.2. The zero-order valence-electron chi connectivity index (χ0n) is 12.3. The average molecular weight is 274 g/mol. The molecule has 2 heterocycles. The summed E-state index contributed by atoms with van der Waals surface area (Å²) in [6.07, 6.45) is 3.38. The van der Waals surface area contributed by atoms with E-state index in [-0.39, 0.29) is 0 Å². The summed E-state index contributed by atoms with van der Waals surface area (Å²) in [6, 6.07) is 1.99. The van der Waals surface area contributed by atoms with Crippen LogP contribution in [0.3, 0.4) is 0 Å². The van der Waals surface area contributed by atoms with Crippen LogP contribution in [0.5, 0.6) is 0 Å². The molecule has 0 unspecified atom stereocenters. The van der Waals surface area contributed by atoms with Gasteiger partial charge in [0, 0.05) is 43.5 Å². The van der Waals surface area contributed by atoms with Crippen molar-refractivity contribution in [3.8, 4) is 0 Å². The van der Waals surface area contributed by atoms with Gasteiger partial charge in [0.05, 0.1) is 0 Å². The van der Waals surface area contributed by atoms with Gasteiger partial charge in [-0.3, -0.25) is 4.79 Å². The Kier molecular flexibility index (Phi) is 3.59. The van der Waals surface area contributed by atoms with Crippen LogP contribution in [0.25, 0.3) is 0 Å². The summed E-state index contributed by atoms with van der Waals surface area (Å²) in [6.45, 7) is 7.25. The number of carbonyl (C=O) groups excluding carboxylic acids is 1. The molecular formula is C15H22N4O. The quantitative estimate of drug-likeness (QED) is 0.821. The van der Waals surface area contributed by atoms with Crippen molar-refractivity contribution < 1.29 is 4.79 Å². The molecule has 1 aliphatic carbocycles. The number of anilines is 1. The topological polar surface area (TPSA) is 49.3 Å². The van der Waals surface area contributed by atoms with Crippen molar-refractivity contribution >= 4 is 11.9 Å². The number of piperazine rings is 1. The fourth-order valence-electron chi connectivity index (χ4n) is 2.89. The standard InChI is InChI=1S/C15H22N4O/c1-11-10-12(2)17-15(16-11)19-8-6-18(7-9-19)14(20)13-4-3-5-13/h10,13H,3-9H2,1-2H3. The Balaban J connectivity index is 1.61. The van der Waals surface area contributed by atoms with E-state index in [9.17, 15) is 4.79 Å². The number of hydrogen-bond donors (Lipinski definition) is 0. The van der Waals surface area contributed by atoms with Gasteiger partial charge in [-0.05, 0) is 32.8 Å². The Morgan fingerprint density at radius 1 is 1.10 bits per heavy atom. The normalized spacial score (nSPS) is 19.9. The van der Waals surface area contributed by atoms with Crippen molar-refractivity contribution in [2.75, 3.05) is 31.1 Å². The lowest BCUT2D eigenvalue weighted by Gasteiger charge is -2.38. The lowest BCUT2D eigenvalue weighted by molar-refractivity contribution is -0.138. The molecule has 20 heavy (non-hydrogen) atoms. The van der Waals surface area contributed by atoms with E-state index in [0.717, 1.165) is 56.4 Å². The number of rotatable bonds is 2. The maximum absolute atomic E-state index is 12.2. The predicted molar refractivity (Wildman–Crippen MR) is 77.6 cm³/mol. The fraction of sp³-hybridized carbons (Fsp3) is 0.667. The van der Waals surface area contributed by atoms with Gasteiger partial charge in [-0.15, -0.1) is 0 Å². The first-order valence-corrected chi connectivity index (χ1v) is 7.49. The van der Waals surface area contributed by atoms with Gasteiger partial charge in [0.2, 0.25) is 11.9 Å². The van der Waals surface area contributed by atoms with Crippen LogP contribution in [-0.4, -0.2) is 47.0 Å². The molecule has 5 nitrogen and oxygen atoms in total. The summed E-state index contributed by atoms with van der Waals surface area (Å²) in [7, 11) is 0. The van der Waals surface area contributed by atoms with Crippen LogP contribution in [0.4, 0.5) is 5.95 Å². The van der Waals surface area contributed by atoms with E-state index in [4.69, 9.17) is 0 Å². The van der Waals surface area contributed by atoms with Crippen LogP contribution in [0.2, 0.25) is 0 Å². The van der Waals surface area contributed by atoms with Crippen LogP contribution in [-0.2, 0) is 4.79 Å². The SMILES string of the molecule is Cc1cc(C)nc(N2CCN(C(=O)C3CCC3)CC2)n1. The van der Waals surface area contributed by atoms with Gasteiger partial charge in [0.25, 0.3) is 0 Å². The monoisotopic (exact) mass is 274 g/mol. The molecule has 0 aromatic carbocycles. The van der Waals surface area contributed by atoms with Crippen LogP contribution >= 0.6 is 0 Å². The first kappa shape index (κ1) is 13.3. The molecule has 2 aliphatic rings. The van der Waals surface area contributed by atoms with E-state index in [1.807, 2.05) is 24.8 Å². The van der Waals surface area contributed by atoms with Gasteiger partial charge in [0.1, 0.15) is 0 Å². The first-order valence-electron chi connectivity index (χ1n) is 7.49. The minimum absolute atomic E-state index is 0.305. The summed E-state index contributed by atoms with van der Waals surface area (Å²) >= 11 is 0. The highest BCUT2D eigenvalue weighted by molar-refractivity contribution is 5.79. The second kappa shape index (κ2) is 5.38. The van der Waals surface area contributed by atoms with E-state index in [1.54, 1.807) is 0 Å². The number of nitrogens with zero attached hydrogens (tertiary/aromatic N) is 4. The second-order valence-corrected chi connectivity index (χ2v) is 5.89. The third kappa shape index (κ3) is 2.62. The zero-order chi connectivity index (χ0) is 14.1. The Morgan fingerprint density at radius 3 is 2.20 bits per heavy atom. The molecule has 0 radical (unpaired) electrons. The maximum Gasteiger partial charge on any atom is 0.225 e. The van der Waals surface area contributed by atoms with Crippen LogP contribution < -0.4 is 4.90 Å². The van der Waals surface area contributed by atoms with Crippen molar-refractivity contribution in [1.82, 2.24) is 14.9 Å². The lowest BCUT2D eigenvalue weighted by atomic mass is 9.84. The van der Waals surface area contributed by atoms with E-state index in [2.05, 4.69) is 14.9 Å². The third-order valence-electron chi connectivity index (χ3n) is 4.30. The zero-order valence-corrected chi connectivity index (χ0v) is 12.3. The van der Waals surface area contributed by atoms with E-state index in [1.165, 1.54) is 6.42 Å². The summed E-state index contributed by atoms with van der Waals surface area (Å²) in [5.74, 6) is 1.47. The largest absolute Gasteiger partial charge is 0.339 e. The molecular weight excluding hydrogens is 252 g/mol. The molecule has 1 saturated carbocycles. The molecule has 0 spiro atoms. The minimum atomic E-state index is 0.305. The van der Waals surface area contributed by atoms with Gasteiger partial charge in [-0.1, -0.05) is 6.42 Å². The smallest absolute Gasteiger partial charge is 0.225 e. The molecule has 0 N–H and O–H groups in total. The highest BCUT2D eigenvalue weighted by atomic mass is 16.2. The van der Waals surface area contributed by atoms with Gasteiger partial charge in [0.15, 0.2) is 0 Å². The van der Waals surface area contributed by atoms with Gasteiger partial charge < -0.3 is 9.80 Å². The predicted octanol–water partition coefficient (Wildman–Crippen LogP) is 1.54. The number of aryl methyl sites for hydroxylation is 2. The molecule has 1 aliphatic heterocycles. The van der Waals surface area contributed by atoms with Crippen molar-refractivity contribution in [1.29, 1.82) is 0 Å². The van der Waals surface area contributed by atoms with Crippen molar-refractivity contribution in [2.24, 2.45) is 5.92 Å². The van der Waals surface area contributed by atoms with E-state index < -0.39 is 0 Å².